The Morgan fingerprint density at radius 1 is 0.758 bits per heavy atom. The van der Waals surface area contributed by atoms with E-state index >= 15 is 0 Å². The van der Waals surface area contributed by atoms with Crippen LogP contribution in [0.1, 0.15) is 68.7 Å². The van der Waals surface area contributed by atoms with Crippen molar-refractivity contribution in [1.82, 2.24) is 0 Å². The van der Waals surface area contributed by atoms with E-state index in [0.717, 1.165) is 18.1 Å². The maximum Gasteiger partial charge on any atom is 0.312 e. The minimum Gasteiger partial charge on any atom is -0.459 e. The van der Waals surface area contributed by atoms with Crippen LogP contribution in [0.25, 0.3) is 0 Å². The molecule has 2 fully saturated rings. The molecule has 0 aromatic carbocycles. The summed E-state index contributed by atoms with van der Waals surface area (Å²) in [4.78, 5) is 13.1. The highest BCUT2D eigenvalue weighted by Crippen LogP contribution is 2.48. The van der Waals surface area contributed by atoms with Crippen molar-refractivity contribution < 1.29 is 22.8 Å². The van der Waals surface area contributed by atoms with Gasteiger partial charge in [0.1, 0.15) is 12.2 Å². The van der Waals surface area contributed by atoms with Crippen LogP contribution in [0.15, 0.2) is 0 Å². The second-order valence-corrected chi connectivity index (χ2v) is 27.6. The summed E-state index contributed by atoms with van der Waals surface area (Å²) in [7, 11) is -6.26. The van der Waals surface area contributed by atoms with Gasteiger partial charge in [-0.1, -0.05) is 62.3 Å². The number of esters is 1. The van der Waals surface area contributed by atoms with E-state index in [9.17, 15) is 4.79 Å². The summed E-state index contributed by atoms with van der Waals surface area (Å²) >= 11 is 0. The molecule has 2 aliphatic rings. The van der Waals surface area contributed by atoms with Gasteiger partial charge >= 0.3 is 5.97 Å². The van der Waals surface area contributed by atoms with Gasteiger partial charge in [0.2, 0.25) is 0 Å². The Kier molecular flexibility index (Phi) is 8.69. The van der Waals surface area contributed by atoms with Gasteiger partial charge < -0.3 is 18.0 Å². The molecule has 33 heavy (non-hydrogen) atoms. The van der Waals surface area contributed by atoms with Crippen LogP contribution in [-0.4, -0.2) is 55.3 Å². The normalized spacial score (nSPS) is 29.4. The second kappa shape index (κ2) is 9.81. The fourth-order valence-corrected chi connectivity index (χ4v) is 9.97. The summed E-state index contributed by atoms with van der Waals surface area (Å²) in [5.74, 6) is -0.388. The Balaban J connectivity index is 2.57. The van der Waals surface area contributed by atoms with Crippen molar-refractivity contribution in [3.63, 3.8) is 0 Å². The van der Waals surface area contributed by atoms with Gasteiger partial charge in [-0.2, -0.15) is 0 Å². The maximum atomic E-state index is 13.1. The van der Waals surface area contributed by atoms with Gasteiger partial charge in [0, 0.05) is 6.42 Å². The van der Waals surface area contributed by atoms with E-state index in [2.05, 4.69) is 88.5 Å². The van der Waals surface area contributed by atoms with E-state index in [1.807, 2.05) is 0 Å². The zero-order valence-corrected chi connectivity index (χ0v) is 26.8. The lowest BCUT2D eigenvalue weighted by Gasteiger charge is -2.50. The van der Waals surface area contributed by atoms with Crippen molar-refractivity contribution in [2.24, 2.45) is 5.92 Å². The fraction of sp³-hybridized carbons (Fsp3) is 0.960. The largest absolute Gasteiger partial charge is 0.459 e. The topological polar surface area (TPSA) is 54.0 Å². The molecule has 194 valence electrons. The van der Waals surface area contributed by atoms with E-state index in [1.54, 1.807) is 0 Å². The molecule has 5 nitrogen and oxygen atoms in total. The molecule has 1 saturated heterocycles. The maximum absolute atomic E-state index is 13.1. The highest BCUT2D eigenvalue weighted by Gasteiger charge is 2.60. The van der Waals surface area contributed by atoms with Gasteiger partial charge in [0.05, 0.1) is 18.1 Å². The summed E-state index contributed by atoms with van der Waals surface area (Å²) in [5.41, 5.74) is 0. The van der Waals surface area contributed by atoms with Crippen LogP contribution < -0.4 is 0 Å². The average molecular weight is 517 g/mol. The average Bonchev–Trinajstić information content (AvgIpc) is 3.02. The van der Waals surface area contributed by atoms with Crippen LogP contribution in [-0.2, 0) is 22.8 Å². The number of carbonyl (C=O) groups is 1. The van der Waals surface area contributed by atoms with Crippen LogP contribution in [0.2, 0.25) is 54.4 Å². The number of rotatable bonds is 9. The van der Waals surface area contributed by atoms with E-state index in [4.69, 9.17) is 18.0 Å². The van der Waals surface area contributed by atoms with Crippen LogP contribution >= 0.6 is 0 Å². The first-order valence-corrected chi connectivity index (χ1v) is 21.4. The van der Waals surface area contributed by atoms with Gasteiger partial charge in [-0.05, 0) is 54.4 Å². The summed E-state index contributed by atoms with van der Waals surface area (Å²) in [5, 5.41) is 0.100. The number of ether oxygens (including phenoxy) is 1. The third-order valence-corrected chi connectivity index (χ3v) is 22.8. The molecular weight excluding hydrogens is 465 g/mol. The van der Waals surface area contributed by atoms with Crippen molar-refractivity contribution in [1.29, 1.82) is 0 Å². The van der Waals surface area contributed by atoms with Crippen molar-refractivity contribution in [2.75, 3.05) is 0 Å². The summed E-state index contributed by atoms with van der Waals surface area (Å²) in [6, 6.07) is 3.17. The molecule has 0 amide bonds. The Morgan fingerprint density at radius 2 is 1.18 bits per heavy atom. The lowest BCUT2D eigenvalue weighted by atomic mass is 9.83. The minimum atomic E-state index is -2.15. The van der Waals surface area contributed by atoms with Crippen molar-refractivity contribution in [3.05, 3.63) is 0 Å². The molecule has 0 radical (unpaired) electrons. The summed E-state index contributed by atoms with van der Waals surface area (Å²) in [6.07, 6.45) is -0.382. The lowest BCUT2D eigenvalue weighted by Crippen LogP contribution is -2.63. The first-order valence-electron chi connectivity index (χ1n) is 13.1. The van der Waals surface area contributed by atoms with Crippen molar-refractivity contribution >= 4 is 30.9 Å². The van der Waals surface area contributed by atoms with Crippen LogP contribution in [0.3, 0.4) is 0 Å². The zero-order chi connectivity index (χ0) is 25.6. The van der Waals surface area contributed by atoms with Gasteiger partial charge in [-0.25, -0.2) is 0 Å². The van der Waals surface area contributed by atoms with Crippen LogP contribution in [0.4, 0.5) is 0 Å². The Bertz CT molecular complexity index is 683. The highest BCUT2D eigenvalue weighted by molar-refractivity contribution is 6.75. The standard InChI is InChI=1S/C25H52O5Si3/c1-14-33(15-2,16-3)30-22-20(28-31(10,11)24(4,5)6)18-17-19(27-23(18)26)21(22)29-32(12,13)25(7,8)9/h18-22H,14-17H2,1-13H3/t18-,19+,20+,21+,22-/m1/s1. The first-order chi connectivity index (χ1) is 14.8. The summed E-state index contributed by atoms with van der Waals surface area (Å²) in [6.45, 7) is 29.4. The quantitative estimate of drug-likeness (QED) is 0.241. The predicted molar refractivity (Wildman–Crippen MR) is 144 cm³/mol. The first kappa shape index (κ1) is 29.2. The molecule has 0 aromatic rings. The third-order valence-electron chi connectivity index (χ3n) is 9.26. The van der Waals surface area contributed by atoms with E-state index in [-0.39, 0.29) is 46.4 Å². The van der Waals surface area contributed by atoms with Gasteiger partial charge in [-0.3, -0.25) is 4.79 Å². The molecular formula is C25H52O5Si3. The van der Waals surface area contributed by atoms with E-state index in [1.165, 1.54) is 0 Å². The predicted octanol–water partition coefficient (Wildman–Crippen LogP) is 7.10. The molecule has 1 aliphatic carbocycles. The monoisotopic (exact) mass is 516 g/mol. The van der Waals surface area contributed by atoms with Crippen molar-refractivity contribution in [3.8, 4) is 0 Å². The van der Waals surface area contributed by atoms with Gasteiger partial charge in [0.25, 0.3) is 0 Å². The second-order valence-electron chi connectivity index (χ2n) is 13.3. The molecule has 0 spiro atoms. The Hall–Kier alpha value is 0.000649. The number of fused-ring (bicyclic) bond motifs is 2. The molecule has 0 aromatic heterocycles. The molecule has 1 aliphatic heterocycles. The van der Waals surface area contributed by atoms with Gasteiger partial charge in [0.15, 0.2) is 25.0 Å². The zero-order valence-electron chi connectivity index (χ0n) is 23.8. The molecule has 2 rings (SSSR count). The summed E-state index contributed by atoms with van der Waals surface area (Å²) < 4.78 is 27.2. The molecule has 0 N–H and O–H groups in total. The molecule has 1 heterocycles. The lowest BCUT2D eigenvalue weighted by molar-refractivity contribution is -0.146. The van der Waals surface area contributed by atoms with Gasteiger partial charge in [-0.15, -0.1) is 0 Å². The van der Waals surface area contributed by atoms with E-state index in [0.29, 0.717) is 6.42 Å². The van der Waals surface area contributed by atoms with Crippen LogP contribution in [0, 0.1) is 5.92 Å². The third kappa shape index (κ3) is 5.88. The highest BCUT2D eigenvalue weighted by atomic mass is 28.4. The molecule has 8 heteroatoms. The SMILES string of the molecule is CC[Si](CC)(CC)O[C@H]1[C@@H](O[Si](C)(C)C(C)(C)C)[C@@H]2C[C@@H](C(=O)O2)[C@@H]1O[Si](C)(C)C(C)(C)C. The number of carbonyl (C=O) groups excluding carboxylic acids is 1. The van der Waals surface area contributed by atoms with Crippen LogP contribution in [0.5, 0.6) is 0 Å². The fourth-order valence-electron chi connectivity index (χ4n) is 4.48. The Labute approximate surface area is 207 Å². The van der Waals surface area contributed by atoms with Crippen molar-refractivity contribution in [2.45, 2.75) is 148 Å². The van der Waals surface area contributed by atoms with E-state index < -0.39 is 25.0 Å². The molecule has 5 atom stereocenters. The minimum absolute atomic E-state index is 0.0431. The smallest absolute Gasteiger partial charge is 0.312 e. The molecule has 0 unspecified atom stereocenters. The Morgan fingerprint density at radius 3 is 1.58 bits per heavy atom. The molecule has 1 saturated carbocycles. The molecule has 2 bridgehead atoms. The number of hydrogen-bond acceptors (Lipinski definition) is 5. The number of hydrogen-bond donors (Lipinski definition) is 0.